The molecule has 1 atom stereocenters. The van der Waals surface area contributed by atoms with Crippen LogP contribution in [-0.4, -0.2) is 36.1 Å². The molecule has 1 aliphatic heterocycles. The van der Waals surface area contributed by atoms with Crippen molar-refractivity contribution in [1.29, 1.82) is 0 Å². The second-order valence-electron chi connectivity index (χ2n) is 3.30. The van der Waals surface area contributed by atoms with Crippen molar-refractivity contribution in [1.82, 2.24) is 5.32 Å². The molecule has 7 heteroatoms. The summed E-state index contributed by atoms with van der Waals surface area (Å²) in [6, 6.07) is 0. The molecule has 1 fully saturated rings. The second-order valence-corrected chi connectivity index (χ2v) is 3.30. The minimum absolute atomic E-state index is 0.331. The van der Waals surface area contributed by atoms with Gasteiger partial charge in [0.15, 0.2) is 0 Å². The molecule has 0 aromatic rings. The van der Waals surface area contributed by atoms with Gasteiger partial charge in [-0.05, 0) is 0 Å². The van der Waals surface area contributed by atoms with Crippen LogP contribution in [0.1, 0.15) is 6.92 Å². The van der Waals surface area contributed by atoms with E-state index >= 15 is 0 Å². The number of carbonyl (C=O) groups is 1. The number of ether oxygens (including phenoxy) is 1. The maximum atomic E-state index is 11.8. The van der Waals surface area contributed by atoms with E-state index in [2.05, 4.69) is 10.1 Å². The van der Waals surface area contributed by atoms with Crippen molar-refractivity contribution in [2.45, 2.75) is 18.9 Å². The van der Waals surface area contributed by atoms with Crippen LogP contribution < -0.4 is 5.32 Å². The van der Waals surface area contributed by atoms with Gasteiger partial charge in [-0.15, -0.1) is 0 Å². The SMILES string of the molecule is C[C@@](O)(OC(=O)C(F)(F)F)C1CNC1. The molecule has 1 rings (SSSR count). The number of esters is 1. The first-order valence-electron chi connectivity index (χ1n) is 3.97. The minimum Gasteiger partial charge on any atom is -0.427 e. The van der Waals surface area contributed by atoms with Gasteiger partial charge in [-0.2, -0.15) is 13.2 Å². The molecule has 14 heavy (non-hydrogen) atoms. The van der Waals surface area contributed by atoms with Gasteiger partial charge in [0, 0.05) is 25.9 Å². The van der Waals surface area contributed by atoms with E-state index in [1.807, 2.05) is 0 Å². The lowest BCUT2D eigenvalue weighted by atomic mass is 9.94. The highest BCUT2D eigenvalue weighted by Crippen LogP contribution is 2.26. The highest BCUT2D eigenvalue weighted by Gasteiger charge is 2.48. The molecule has 4 nitrogen and oxygen atoms in total. The van der Waals surface area contributed by atoms with Crippen LogP contribution in [0.2, 0.25) is 0 Å². The van der Waals surface area contributed by atoms with E-state index < -0.39 is 23.9 Å². The fourth-order valence-corrected chi connectivity index (χ4v) is 0.996. The van der Waals surface area contributed by atoms with E-state index in [-0.39, 0.29) is 0 Å². The molecule has 0 radical (unpaired) electrons. The molecular formula is C7H10F3NO3. The van der Waals surface area contributed by atoms with E-state index in [1.54, 1.807) is 0 Å². The predicted molar refractivity (Wildman–Crippen MR) is 39.1 cm³/mol. The molecule has 2 N–H and O–H groups in total. The fraction of sp³-hybridized carbons (Fsp3) is 0.857. The van der Waals surface area contributed by atoms with Crippen LogP contribution in [0.3, 0.4) is 0 Å². The van der Waals surface area contributed by atoms with E-state index in [1.165, 1.54) is 0 Å². The first kappa shape index (κ1) is 11.3. The molecule has 0 aromatic heterocycles. The third-order valence-corrected chi connectivity index (χ3v) is 2.07. The lowest BCUT2D eigenvalue weighted by Crippen LogP contribution is -2.57. The maximum absolute atomic E-state index is 11.8. The van der Waals surface area contributed by atoms with Crippen molar-refractivity contribution in [2.24, 2.45) is 5.92 Å². The number of aliphatic hydroxyl groups is 1. The smallest absolute Gasteiger partial charge is 0.427 e. The number of nitrogens with one attached hydrogen (secondary N) is 1. The Bertz CT molecular complexity index is 235. The van der Waals surface area contributed by atoms with Crippen LogP contribution in [0.15, 0.2) is 0 Å². The van der Waals surface area contributed by atoms with Crippen molar-refractivity contribution in [3.63, 3.8) is 0 Å². The molecule has 1 aliphatic rings. The van der Waals surface area contributed by atoms with Crippen molar-refractivity contribution in [2.75, 3.05) is 13.1 Å². The molecule has 0 amide bonds. The summed E-state index contributed by atoms with van der Waals surface area (Å²) >= 11 is 0. The molecule has 0 saturated carbocycles. The Kier molecular flexibility index (Phi) is 2.73. The molecule has 0 spiro atoms. The summed E-state index contributed by atoms with van der Waals surface area (Å²) in [5.74, 6) is -4.92. The Balaban J connectivity index is 2.54. The fourth-order valence-electron chi connectivity index (χ4n) is 0.996. The number of alkyl halides is 3. The molecule has 1 heterocycles. The third-order valence-electron chi connectivity index (χ3n) is 2.07. The van der Waals surface area contributed by atoms with Gasteiger partial charge in [0.25, 0.3) is 0 Å². The van der Waals surface area contributed by atoms with Gasteiger partial charge in [-0.1, -0.05) is 0 Å². The molecule has 0 bridgehead atoms. The zero-order valence-corrected chi connectivity index (χ0v) is 7.39. The van der Waals surface area contributed by atoms with E-state index in [4.69, 9.17) is 0 Å². The normalized spacial score (nSPS) is 22.4. The Morgan fingerprint density at radius 3 is 2.29 bits per heavy atom. The number of carbonyl (C=O) groups excluding carboxylic acids is 1. The average Bonchev–Trinajstić information content (AvgIpc) is 1.76. The lowest BCUT2D eigenvalue weighted by molar-refractivity contribution is -0.260. The number of hydrogen-bond acceptors (Lipinski definition) is 4. The van der Waals surface area contributed by atoms with Crippen LogP contribution >= 0.6 is 0 Å². The monoisotopic (exact) mass is 213 g/mol. The Hall–Kier alpha value is -0.820. The zero-order valence-electron chi connectivity index (χ0n) is 7.39. The van der Waals surface area contributed by atoms with Gasteiger partial charge >= 0.3 is 12.1 Å². The molecular weight excluding hydrogens is 203 g/mol. The van der Waals surface area contributed by atoms with E-state index in [9.17, 15) is 23.1 Å². The summed E-state index contributed by atoms with van der Waals surface area (Å²) in [6.07, 6.45) is -5.07. The van der Waals surface area contributed by atoms with Gasteiger partial charge in [0.1, 0.15) is 0 Å². The first-order valence-corrected chi connectivity index (χ1v) is 3.97. The van der Waals surface area contributed by atoms with Gasteiger partial charge in [0.05, 0.1) is 0 Å². The standard InChI is InChI=1S/C7H10F3NO3/c1-6(13,4-2-11-3-4)14-5(12)7(8,9)10/h4,11,13H,2-3H2,1H3/t6-/m1/s1. The summed E-state index contributed by atoms with van der Waals surface area (Å²) in [5.41, 5.74) is 0. The van der Waals surface area contributed by atoms with Crippen LogP contribution in [0, 0.1) is 5.92 Å². The Morgan fingerprint density at radius 2 is 2.00 bits per heavy atom. The highest BCUT2D eigenvalue weighted by atomic mass is 19.4. The summed E-state index contributed by atoms with van der Waals surface area (Å²) < 4.78 is 39.2. The number of halogens is 3. The quantitative estimate of drug-likeness (QED) is 0.501. The predicted octanol–water partition coefficient (Wildman–Crippen LogP) is 0.0198. The van der Waals surface area contributed by atoms with Crippen LogP contribution in [0.4, 0.5) is 13.2 Å². The summed E-state index contributed by atoms with van der Waals surface area (Å²) in [4.78, 5) is 10.4. The topological polar surface area (TPSA) is 58.6 Å². The third kappa shape index (κ3) is 2.36. The largest absolute Gasteiger partial charge is 0.491 e. The number of rotatable bonds is 2. The van der Waals surface area contributed by atoms with E-state index in [0.29, 0.717) is 13.1 Å². The molecule has 1 saturated heterocycles. The Morgan fingerprint density at radius 1 is 1.50 bits per heavy atom. The average molecular weight is 213 g/mol. The van der Waals surface area contributed by atoms with Crippen LogP contribution in [0.5, 0.6) is 0 Å². The van der Waals surface area contributed by atoms with Crippen molar-refractivity contribution < 1.29 is 27.8 Å². The maximum Gasteiger partial charge on any atom is 0.491 e. The molecule has 82 valence electrons. The molecule has 0 unspecified atom stereocenters. The lowest BCUT2D eigenvalue weighted by Gasteiger charge is -2.38. The van der Waals surface area contributed by atoms with Crippen LogP contribution in [0.25, 0.3) is 0 Å². The summed E-state index contributed by atoms with van der Waals surface area (Å²) in [5, 5.41) is 12.1. The summed E-state index contributed by atoms with van der Waals surface area (Å²) in [7, 11) is 0. The minimum atomic E-state index is -5.07. The second kappa shape index (κ2) is 3.39. The van der Waals surface area contributed by atoms with Crippen molar-refractivity contribution >= 4 is 5.97 Å². The Labute approximate surface area is 78.0 Å². The summed E-state index contributed by atoms with van der Waals surface area (Å²) in [6.45, 7) is 1.71. The highest BCUT2D eigenvalue weighted by molar-refractivity contribution is 5.75. The number of hydrogen-bond donors (Lipinski definition) is 2. The zero-order chi connectivity index (χ0) is 11.0. The van der Waals surface area contributed by atoms with Crippen molar-refractivity contribution in [3.8, 4) is 0 Å². The van der Waals surface area contributed by atoms with Crippen LogP contribution in [-0.2, 0) is 9.53 Å². The van der Waals surface area contributed by atoms with E-state index in [0.717, 1.165) is 6.92 Å². The van der Waals surface area contributed by atoms with Gasteiger partial charge in [0.2, 0.25) is 5.79 Å². The molecule has 0 aliphatic carbocycles. The first-order chi connectivity index (χ1) is 6.23. The van der Waals surface area contributed by atoms with Gasteiger partial charge in [-0.3, -0.25) is 0 Å². The molecule has 0 aromatic carbocycles. The van der Waals surface area contributed by atoms with Gasteiger partial charge in [-0.25, -0.2) is 4.79 Å². The van der Waals surface area contributed by atoms with Crippen molar-refractivity contribution in [3.05, 3.63) is 0 Å². The van der Waals surface area contributed by atoms with Gasteiger partial charge < -0.3 is 15.2 Å².